The Kier molecular flexibility index (Phi) is 4.00. The number of benzene rings is 2. The van der Waals surface area contributed by atoms with E-state index in [0.717, 1.165) is 11.3 Å². The van der Waals surface area contributed by atoms with E-state index in [-0.39, 0.29) is 0 Å². The standard InChI is InChI=1S/C15H20N4O/c1-9(20)15-10(11(16)6-7-13(15)18)8-19-14-5-3-2-4-12(14)17/h2-7,9,19-20H,8,16-18H2,1H3. The topological polar surface area (TPSA) is 110 Å². The normalized spacial score (nSPS) is 12.1. The zero-order valence-electron chi connectivity index (χ0n) is 11.4. The number of rotatable bonds is 4. The zero-order chi connectivity index (χ0) is 14.7. The first-order chi connectivity index (χ1) is 9.50. The maximum Gasteiger partial charge on any atom is 0.0786 e. The number of nitrogen functional groups attached to an aromatic ring is 3. The van der Waals surface area contributed by atoms with E-state index in [2.05, 4.69) is 5.32 Å². The molecule has 8 N–H and O–H groups in total. The van der Waals surface area contributed by atoms with Crippen LogP contribution in [0, 0.1) is 0 Å². The van der Waals surface area contributed by atoms with Crippen LogP contribution in [0.15, 0.2) is 36.4 Å². The summed E-state index contributed by atoms with van der Waals surface area (Å²) < 4.78 is 0. The van der Waals surface area contributed by atoms with Crippen molar-refractivity contribution in [2.24, 2.45) is 0 Å². The highest BCUT2D eigenvalue weighted by Crippen LogP contribution is 2.30. The molecule has 0 bridgehead atoms. The molecule has 0 heterocycles. The van der Waals surface area contributed by atoms with Gasteiger partial charge in [0.05, 0.1) is 17.5 Å². The number of para-hydroxylation sites is 2. The van der Waals surface area contributed by atoms with Crippen molar-refractivity contribution in [2.75, 3.05) is 22.5 Å². The molecule has 0 aliphatic carbocycles. The van der Waals surface area contributed by atoms with E-state index in [9.17, 15) is 5.11 Å². The predicted octanol–water partition coefficient (Wildman–Crippen LogP) is 2.10. The number of nitrogens with two attached hydrogens (primary N) is 3. The van der Waals surface area contributed by atoms with Crippen LogP contribution in [0.5, 0.6) is 0 Å². The molecular weight excluding hydrogens is 252 g/mol. The molecule has 5 nitrogen and oxygen atoms in total. The highest BCUT2D eigenvalue weighted by molar-refractivity contribution is 5.68. The average molecular weight is 272 g/mol. The second kappa shape index (κ2) is 5.71. The van der Waals surface area contributed by atoms with Crippen molar-refractivity contribution in [1.82, 2.24) is 0 Å². The average Bonchev–Trinajstić information content (AvgIpc) is 2.40. The summed E-state index contributed by atoms with van der Waals surface area (Å²) in [6, 6.07) is 10.9. The molecule has 0 aliphatic heterocycles. The van der Waals surface area contributed by atoms with Gasteiger partial charge < -0.3 is 27.6 Å². The van der Waals surface area contributed by atoms with Gasteiger partial charge in [-0.2, -0.15) is 0 Å². The molecule has 106 valence electrons. The molecule has 0 spiro atoms. The maximum absolute atomic E-state index is 9.87. The van der Waals surface area contributed by atoms with Crippen molar-refractivity contribution in [2.45, 2.75) is 19.6 Å². The number of anilines is 4. The number of aliphatic hydroxyl groups excluding tert-OH is 1. The molecule has 5 heteroatoms. The van der Waals surface area contributed by atoms with Gasteiger partial charge >= 0.3 is 0 Å². The third kappa shape index (κ3) is 2.78. The smallest absolute Gasteiger partial charge is 0.0786 e. The first kappa shape index (κ1) is 14.0. The van der Waals surface area contributed by atoms with Gasteiger partial charge in [-0.05, 0) is 31.2 Å². The van der Waals surface area contributed by atoms with Crippen LogP contribution in [0.1, 0.15) is 24.2 Å². The summed E-state index contributed by atoms with van der Waals surface area (Å²) in [4.78, 5) is 0. The fourth-order valence-electron chi connectivity index (χ4n) is 2.23. The second-order valence-corrected chi connectivity index (χ2v) is 4.75. The Balaban J connectivity index is 2.30. The minimum Gasteiger partial charge on any atom is -0.398 e. The minimum absolute atomic E-state index is 0.450. The van der Waals surface area contributed by atoms with Crippen molar-refractivity contribution in [3.8, 4) is 0 Å². The van der Waals surface area contributed by atoms with E-state index in [4.69, 9.17) is 17.2 Å². The van der Waals surface area contributed by atoms with Gasteiger partial charge in [0.2, 0.25) is 0 Å². The Bertz CT molecular complexity index is 611. The van der Waals surface area contributed by atoms with E-state index in [1.807, 2.05) is 24.3 Å². The molecule has 1 unspecified atom stereocenters. The van der Waals surface area contributed by atoms with Gasteiger partial charge in [0.15, 0.2) is 0 Å². The molecule has 2 rings (SSSR count). The van der Waals surface area contributed by atoms with E-state index in [1.165, 1.54) is 0 Å². The highest BCUT2D eigenvalue weighted by atomic mass is 16.3. The molecule has 0 radical (unpaired) electrons. The summed E-state index contributed by atoms with van der Waals surface area (Å²) in [5, 5.41) is 13.1. The molecule has 1 atom stereocenters. The Morgan fingerprint density at radius 2 is 1.65 bits per heavy atom. The molecule has 0 amide bonds. The van der Waals surface area contributed by atoms with E-state index >= 15 is 0 Å². The molecule has 2 aromatic carbocycles. The summed E-state index contributed by atoms with van der Waals surface area (Å²) in [6.45, 7) is 2.12. The van der Waals surface area contributed by atoms with E-state index in [1.54, 1.807) is 19.1 Å². The van der Waals surface area contributed by atoms with Gasteiger partial charge in [0.1, 0.15) is 0 Å². The quantitative estimate of drug-likeness (QED) is 0.547. The monoisotopic (exact) mass is 272 g/mol. The second-order valence-electron chi connectivity index (χ2n) is 4.75. The van der Waals surface area contributed by atoms with Crippen LogP contribution >= 0.6 is 0 Å². The lowest BCUT2D eigenvalue weighted by Crippen LogP contribution is -2.11. The maximum atomic E-state index is 9.87. The van der Waals surface area contributed by atoms with Gasteiger partial charge in [-0.1, -0.05) is 12.1 Å². The summed E-state index contributed by atoms with van der Waals surface area (Å²) >= 11 is 0. The summed E-state index contributed by atoms with van der Waals surface area (Å²) in [6.07, 6.45) is -0.677. The van der Waals surface area contributed by atoms with Crippen molar-refractivity contribution >= 4 is 22.7 Å². The minimum atomic E-state index is -0.677. The van der Waals surface area contributed by atoms with Gasteiger partial charge in [0, 0.05) is 29.0 Å². The summed E-state index contributed by atoms with van der Waals surface area (Å²) in [5.74, 6) is 0. The Morgan fingerprint density at radius 3 is 2.30 bits per heavy atom. The van der Waals surface area contributed by atoms with Gasteiger partial charge in [-0.3, -0.25) is 0 Å². The van der Waals surface area contributed by atoms with Crippen molar-refractivity contribution in [3.63, 3.8) is 0 Å². The van der Waals surface area contributed by atoms with Crippen LogP contribution in [-0.2, 0) is 6.54 Å². The number of hydrogen-bond acceptors (Lipinski definition) is 5. The first-order valence-electron chi connectivity index (χ1n) is 6.44. The van der Waals surface area contributed by atoms with Crippen molar-refractivity contribution < 1.29 is 5.11 Å². The summed E-state index contributed by atoms with van der Waals surface area (Å²) in [7, 11) is 0. The highest BCUT2D eigenvalue weighted by Gasteiger charge is 2.14. The number of hydrogen-bond donors (Lipinski definition) is 5. The fraction of sp³-hybridized carbons (Fsp3) is 0.200. The van der Waals surface area contributed by atoms with Crippen molar-refractivity contribution in [1.29, 1.82) is 0 Å². The van der Waals surface area contributed by atoms with Crippen LogP contribution in [0.4, 0.5) is 22.7 Å². The van der Waals surface area contributed by atoms with Crippen LogP contribution in [0.2, 0.25) is 0 Å². The zero-order valence-corrected chi connectivity index (χ0v) is 11.4. The Morgan fingerprint density at radius 1 is 1.00 bits per heavy atom. The Hall–Kier alpha value is -2.40. The molecule has 0 saturated carbocycles. The largest absolute Gasteiger partial charge is 0.398 e. The van der Waals surface area contributed by atoms with Gasteiger partial charge in [0.25, 0.3) is 0 Å². The van der Waals surface area contributed by atoms with Gasteiger partial charge in [-0.25, -0.2) is 0 Å². The lowest BCUT2D eigenvalue weighted by Gasteiger charge is -2.18. The van der Waals surface area contributed by atoms with Crippen LogP contribution in [0.3, 0.4) is 0 Å². The van der Waals surface area contributed by atoms with Crippen molar-refractivity contribution in [3.05, 3.63) is 47.5 Å². The molecule has 0 fully saturated rings. The van der Waals surface area contributed by atoms with Crippen LogP contribution in [0.25, 0.3) is 0 Å². The molecule has 0 aromatic heterocycles. The molecule has 20 heavy (non-hydrogen) atoms. The summed E-state index contributed by atoms with van der Waals surface area (Å²) in [5.41, 5.74) is 21.9. The molecule has 2 aromatic rings. The molecular formula is C15H20N4O. The van der Waals surface area contributed by atoms with E-state index in [0.29, 0.717) is 29.2 Å². The lowest BCUT2D eigenvalue weighted by molar-refractivity contribution is 0.199. The molecule has 0 aliphatic rings. The van der Waals surface area contributed by atoms with E-state index < -0.39 is 6.10 Å². The SMILES string of the molecule is CC(O)c1c(N)ccc(N)c1CNc1ccccc1N. The fourth-order valence-corrected chi connectivity index (χ4v) is 2.23. The van der Waals surface area contributed by atoms with Crippen LogP contribution in [-0.4, -0.2) is 5.11 Å². The van der Waals surface area contributed by atoms with Crippen LogP contribution < -0.4 is 22.5 Å². The predicted molar refractivity (Wildman–Crippen MR) is 84.1 cm³/mol. The molecule has 0 saturated heterocycles. The number of aliphatic hydroxyl groups is 1. The third-order valence-corrected chi connectivity index (χ3v) is 3.26. The third-order valence-electron chi connectivity index (χ3n) is 3.26. The lowest BCUT2D eigenvalue weighted by atomic mass is 9.99. The number of nitrogens with one attached hydrogen (secondary N) is 1. The Labute approximate surface area is 118 Å². The van der Waals surface area contributed by atoms with Gasteiger partial charge in [-0.15, -0.1) is 0 Å². The first-order valence-corrected chi connectivity index (χ1v) is 6.44.